The van der Waals surface area contributed by atoms with Crippen LogP contribution in [0.25, 0.3) is 16.7 Å². The monoisotopic (exact) mass is 397 g/mol. The predicted octanol–water partition coefficient (Wildman–Crippen LogP) is 4.58. The summed E-state index contributed by atoms with van der Waals surface area (Å²) in [6.45, 7) is 1.99. The van der Waals surface area contributed by atoms with E-state index >= 15 is 0 Å². The van der Waals surface area contributed by atoms with Crippen LogP contribution in [-0.4, -0.2) is 9.55 Å². The van der Waals surface area contributed by atoms with Gasteiger partial charge in [0.2, 0.25) is 5.95 Å². The molecule has 0 amide bonds. The number of fused-ring (bicyclic) bond motifs is 1. The minimum atomic E-state index is -0.340. The number of aryl methyl sites for hydroxylation is 1. The maximum Gasteiger partial charge on any atom is 0.205 e. The van der Waals surface area contributed by atoms with Gasteiger partial charge in [0.25, 0.3) is 0 Å². The van der Waals surface area contributed by atoms with Crippen molar-refractivity contribution >= 4 is 48.8 Å². The molecule has 0 unspecified atom stereocenters. The van der Waals surface area contributed by atoms with Crippen LogP contribution in [0, 0.1) is 12.7 Å². The molecule has 102 valence electrons. The molecule has 0 aliphatic heterocycles. The molecule has 3 rings (SSSR count). The molecule has 0 aliphatic rings. The van der Waals surface area contributed by atoms with Crippen LogP contribution in [0.4, 0.5) is 10.3 Å². The number of imidazole rings is 1. The number of nitrogens with zero attached hydrogens (tertiary/aromatic N) is 2. The SMILES string of the molecule is Cc1cc(-n2c(N)nc3cc(Br)c(F)cc32)ccc1Br. The normalized spacial score (nSPS) is 11.2. The summed E-state index contributed by atoms with van der Waals surface area (Å²) in [4.78, 5) is 4.28. The minimum absolute atomic E-state index is 0.333. The van der Waals surface area contributed by atoms with Crippen LogP contribution >= 0.6 is 31.9 Å². The fraction of sp³-hybridized carbons (Fsp3) is 0.0714. The lowest BCUT2D eigenvalue weighted by Crippen LogP contribution is -2.01. The number of aromatic nitrogens is 2. The first-order valence-corrected chi connectivity index (χ1v) is 7.45. The van der Waals surface area contributed by atoms with Gasteiger partial charge >= 0.3 is 0 Å². The van der Waals surface area contributed by atoms with Crippen molar-refractivity contribution in [2.24, 2.45) is 0 Å². The molecule has 6 heteroatoms. The molecule has 1 aromatic heterocycles. The fourth-order valence-corrected chi connectivity index (χ4v) is 2.71. The quantitative estimate of drug-likeness (QED) is 0.651. The van der Waals surface area contributed by atoms with Crippen LogP contribution in [0.15, 0.2) is 39.3 Å². The Hall–Kier alpha value is -1.40. The largest absolute Gasteiger partial charge is 0.369 e. The van der Waals surface area contributed by atoms with Crippen molar-refractivity contribution < 1.29 is 4.39 Å². The second-order valence-electron chi connectivity index (χ2n) is 4.49. The predicted molar refractivity (Wildman–Crippen MR) is 85.6 cm³/mol. The molecule has 2 N–H and O–H groups in total. The van der Waals surface area contributed by atoms with E-state index in [2.05, 4.69) is 36.8 Å². The van der Waals surface area contributed by atoms with Crippen LogP contribution in [0.1, 0.15) is 5.56 Å². The summed E-state index contributed by atoms with van der Waals surface area (Å²) >= 11 is 6.62. The highest BCUT2D eigenvalue weighted by molar-refractivity contribution is 9.10. The van der Waals surface area contributed by atoms with Gasteiger partial charge in [-0.25, -0.2) is 9.37 Å². The van der Waals surface area contributed by atoms with E-state index in [-0.39, 0.29) is 5.82 Å². The van der Waals surface area contributed by atoms with Crippen LogP contribution in [0.5, 0.6) is 0 Å². The van der Waals surface area contributed by atoms with Gasteiger partial charge in [-0.05, 0) is 52.7 Å². The lowest BCUT2D eigenvalue weighted by molar-refractivity contribution is 0.622. The third-order valence-corrected chi connectivity index (χ3v) is 4.62. The molecule has 0 bridgehead atoms. The Morgan fingerprint density at radius 2 is 1.90 bits per heavy atom. The lowest BCUT2D eigenvalue weighted by atomic mass is 10.2. The van der Waals surface area contributed by atoms with Crippen LogP contribution in [-0.2, 0) is 0 Å². The van der Waals surface area contributed by atoms with Crippen LogP contribution < -0.4 is 5.73 Å². The van der Waals surface area contributed by atoms with Crippen molar-refractivity contribution in [2.45, 2.75) is 6.92 Å². The zero-order valence-electron chi connectivity index (χ0n) is 10.5. The number of nitrogen functional groups attached to an aromatic ring is 1. The number of hydrogen-bond donors (Lipinski definition) is 1. The Morgan fingerprint density at radius 1 is 1.15 bits per heavy atom. The van der Waals surface area contributed by atoms with Crippen molar-refractivity contribution in [3.05, 3.63) is 50.7 Å². The van der Waals surface area contributed by atoms with Crippen LogP contribution in [0.3, 0.4) is 0 Å². The molecular weight excluding hydrogens is 389 g/mol. The first kappa shape index (κ1) is 13.6. The van der Waals surface area contributed by atoms with Crippen LogP contribution in [0.2, 0.25) is 0 Å². The molecule has 0 aliphatic carbocycles. The minimum Gasteiger partial charge on any atom is -0.369 e. The smallest absolute Gasteiger partial charge is 0.205 e. The number of anilines is 1. The summed E-state index contributed by atoms with van der Waals surface area (Å²) in [7, 11) is 0. The van der Waals surface area contributed by atoms with Crippen molar-refractivity contribution in [1.82, 2.24) is 9.55 Å². The molecule has 3 aromatic rings. The topological polar surface area (TPSA) is 43.8 Å². The van der Waals surface area contributed by atoms with E-state index < -0.39 is 0 Å². The number of halogens is 3. The second kappa shape index (κ2) is 4.86. The van der Waals surface area contributed by atoms with Crippen molar-refractivity contribution in [1.29, 1.82) is 0 Å². The number of hydrogen-bond acceptors (Lipinski definition) is 2. The van der Waals surface area contributed by atoms with Crippen molar-refractivity contribution in [3.63, 3.8) is 0 Å². The van der Waals surface area contributed by atoms with E-state index in [9.17, 15) is 4.39 Å². The summed E-state index contributed by atoms with van der Waals surface area (Å²) in [5.74, 6) is -0.00768. The summed E-state index contributed by atoms with van der Waals surface area (Å²) in [6.07, 6.45) is 0. The highest BCUT2D eigenvalue weighted by Gasteiger charge is 2.13. The van der Waals surface area contributed by atoms with Gasteiger partial charge in [0.05, 0.1) is 15.5 Å². The molecular formula is C14H10Br2FN3. The zero-order chi connectivity index (χ0) is 14.4. The fourth-order valence-electron chi connectivity index (χ4n) is 2.13. The van der Waals surface area contributed by atoms with E-state index in [1.54, 1.807) is 10.6 Å². The standard InChI is InChI=1S/C14H10Br2FN3/c1-7-4-8(2-3-9(7)15)20-13-6-11(17)10(16)5-12(13)19-14(20)18/h2-6H,1H3,(H2,18,19). The van der Waals surface area contributed by atoms with E-state index in [0.717, 1.165) is 15.7 Å². The maximum atomic E-state index is 13.8. The van der Waals surface area contributed by atoms with Gasteiger partial charge in [0, 0.05) is 16.2 Å². The Bertz CT molecular complexity index is 827. The number of nitrogens with two attached hydrogens (primary N) is 1. The van der Waals surface area contributed by atoms with Gasteiger partial charge in [-0.2, -0.15) is 0 Å². The highest BCUT2D eigenvalue weighted by atomic mass is 79.9. The highest BCUT2D eigenvalue weighted by Crippen LogP contribution is 2.29. The lowest BCUT2D eigenvalue weighted by Gasteiger charge is -2.08. The third-order valence-electron chi connectivity index (χ3n) is 3.12. The third kappa shape index (κ3) is 2.13. The van der Waals surface area contributed by atoms with E-state index in [0.29, 0.717) is 21.5 Å². The first-order chi connectivity index (χ1) is 9.47. The van der Waals surface area contributed by atoms with E-state index in [1.807, 2.05) is 25.1 Å². The molecule has 3 nitrogen and oxygen atoms in total. The summed E-state index contributed by atoms with van der Waals surface area (Å²) in [6, 6.07) is 8.88. The van der Waals surface area contributed by atoms with Gasteiger partial charge in [-0.15, -0.1) is 0 Å². The maximum absolute atomic E-state index is 13.8. The summed E-state index contributed by atoms with van der Waals surface area (Å²) < 4.78 is 16.9. The van der Waals surface area contributed by atoms with E-state index in [1.165, 1.54) is 6.07 Å². The number of benzene rings is 2. The molecule has 20 heavy (non-hydrogen) atoms. The molecule has 0 saturated carbocycles. The Balaban J connectivity index is 2.32. The van der Waals surface area contributed by atoms with Gasteiger partial charge in [0.1, 0.15) is 5.82 Å². The molecule has 0 spiro atoms. The van der Waals surface area contributed by atoms with Gasteiger partial charge < -0.3 is 5.73 Å². The molecule has 0 fully saturated rings. The summed E-state index contributed by atoms with van der Waals surface area (Å²) in [5.41, 5.74) is 9.19. The molecule has 0 radical (unpaired) electrons. The average Bonchev–Trinajstić information content (AvgIpc) is 2.69. The van der Waals surface area contributed by atoms with E-state index in [4.69, 9.17) is 5.73 Å². The second-order valence-corrected chi connectivity index (χ2v) is 6.20. The number of rotatable bonds is 1. The summed E-state index contributed by atoms with van der Waals surface area (Å²) in [5, 5.41) is 0. The zero-order valence-corrected chi connectivity index (χ0v) is 13.7. The first-order valence-electron chi connectivity index (χ1n) is 5.87. The van der Waals surface area contributed by atoms with Gasteiger partial charge in [0.15, 0.2) is 0 Å². The van der Waals surface area contributed by atoms with Crippen molar-refractivity contribution in [3.8, 4) is 5.69 Å². The molecule has 2 aromatic carbocycles. The van der Waals surface area contributed by atoms with Gasteiger partial charge in [-0.3, -0.25) is 4.57 Å². The molecule has 1 heterocycles. The Morgan fingerprint density at radius 3 is 2.60 bits per heavy atom. The Labute approximate surface area is 131 Å². The van der Waals surface area contributed by atoms with Crippen molar-refractivity contribution in [2.75, 3.05) is 5.73 Å². The Kier molecular flexibility index (Phi) is 3.30. The van der Waals surface area contributed by atoms with Gasteiger partial charge in [-0.1, -0.05) is 15.9 Å². The molecule has 0 atom stereocenters. The molecule has 0 saturated heterocycles. The average molecular weight is 399 g/mol.